The number of anilines is 3. The van der Waals surface area contributed by atoms with Gasteiger partial charge in [-0.05, 0) is 48.7 Å². The average Bonchev–Trinajstić information content (AvgIpc) is 3.31. The third kappa shape index (κ3) is 3.90. The van der Waals surface area contributed by atoms with Crippen LogP contribution in [0.25, 0.3) is 0 Å². The average molecular weight is 486 g/mol. The molecule has 3 amide bonds. The fraction of sp³-hybridized carbons (Fsp3) is 0.250. The van der Waals surface area contributed by atoms with Crippen molar-refractivity contribution < 1.29 is 14.4 Å². The number of para-hydroxylation sites is 1. The first-order chi connectivity index (χ1) is 16.8. The highest BCUT2D eigenvalue weighted by Crippen LogP contribution is 2.55. The Bertz CT molecular complexity index is 1300. The third-order valence-electron chi connectivity index (χ3n) is 6.52. The third-order valence-corrected chi connectivity index (χ3v) is 7.90. The van der Waals surface area contributed by atoms with Gasteiger partial charge in [0.2, 0.25) is 16.7 Å². The molecule has 1 spiro atoms. The number of aryl methyl sites for hydroxylation is 1. The van der Waals surface area contributed by atoms with Gasteiger partial charge in [-0.15, -0.1) is 11.8 Å². The van der Waals surface area contributed by atoms with E-state index in [0.717, 1.165) is 11.1 Å². The lowest BCUT2D eigenvalue weighted by molar-refractivity contribution is -0.124. The molecule has 0 unspecified atom stereocenters. The van der Waals surface area contributed by atoms with E-state index in [1.54, 1.807) is 4.90 Å². The number of hydrogen-bond donors (Lipinski definition) is 1. The van der Waals surface area contributed by atoms with Gasteiger partial charge in [0, 0.05) is 16.9 Å². The molecule has 0 saturated carbocycles. The summed E-state index contributed by atoms with van der Waals surface area (Å²) in [6.07, 6.45) is 0. The van der Waals surface area contributed by atoms with E-state index in [2.05, 4.69) is 19.2 Å². The highest BCUT2D eigenvalue weighted by atomic mass is 32.2. The fourth-order valence-corrected chi connectivity index (χ4v) is 6.06. The Morgan fingerprint density at radius 2 is 1.69 bits per heavy atom. The van der Waals surface area contributed by atoms with Crippen molar-refractivity contribution in [2.24, 2.45) is 0 Å². The molecule has 0 radical (unpaired) electrons. The summed E-state index contributed by atoms with van der Waals surface area (Å²) in [5.74, 6) is -0.105. The molecule has 1 N–H and O–H groups in total. The topological polar surface area (TPSA) is 69.7 Å². The number of fused-ring (bicyclic) bond motifs is 2. The van der Waals surface area contributed by atoms with Gasteiger partial charge in [-0.25, -0.2) is 0 Å². The summed E-state index contributed by atoms with van der Waals surface area (Å²) in [5, 5.41) is 2.90. The highest BCUT2D eigenvalue weighted by molar-refractivity contribution is 8.02. The quantitative estimate of drug-likeness (QED) is 0.550. The van der Waals surface area contributed by atoms with Gasteiger partial charge in [0.05, 0.1) is 11.4 Å². The number of thioether (sulfide) groups is 1. The fourth-order valence-electron chi connectivity index (χ4n) is 4.70. The van der Waals surface area contributed by atoms with Crippen molar-refractivity contribution in [2.75, 3.05) is 27.4 Å². The van der Waals surface area contributed by atoms with Crippen molar-refractivity contribution in [1.29, 1.82) is 0 Å². The number of rotatable bonds is 5. The van der Waals surface area contributed by atoms with Crippen LogP contribution in [0.15, 0.2) is 72.8 Å². The molecule has 2 aliphatic rings. The van der Waals surface area contributed by atoms with Gasteiger partial charge in [0.1, 0.15) is 6.54 Å². The zero-order chi connectivity index (χ0) is 24.7. The zero-order valence-electron chi connectivity index (χ0n) is 19.9. The van der Waals surface area contributed by atoms with E-state index in [0.29, 0.717) is 23.0 Å². The maximum absolute atomic E-state index is 14.0. The summed E-state index contributed by atoms with van der Waals surface area (Å²) in [7, 11) is 0. The van der Waals surface area contributed by atoms with E-state index in [4.69, 9.17) is 0 Å². The number of amides is 3. The Kier molecular flexibility index (Phi) is 5.89. The van der Waals surface area contributed by atoms with E-state index in [1.165, 1.54) is 22.2 Å². The standard InChI is InChI=1S/C28H27N3O3S/c1-18(2)20-10-12-21(13-11-20)29-25(32)16-30-24-7-5-4-6-23(24)28(27(30)34)31(26(33)17-35-28)22-14-8-19(3)9-15-22/h4-15,18H,16-17H2,1-3H3,(H,29,32)/t28-/m1/s1. The van der Waals surface area contributed by atoms with Crippen molar-refractivity contribution in [3.05, 3.63) is 89.5 Å². The molecule has 178 valence electrons. The normalized spacial score (nSPS) is 19.1. The first kappa shape index (κ1) is 23.2. The summed E-state index contributed by atoms with van der Waals surface area (Å²) in [4.78, 5) is 42.0. The maximum Gasteiger partial charge on any atom is 0.269 e. The van der Waals surface area contributed by atoms with Gasteiger partial charge in [-0.2, -0.15) is 0 Å². The number of carbonyl (C=O) groups excluding carboxylic acids is 3. The van der Waals surface area contributed by atoms with Crippen molar-refractivity contribution in [3.8, 4) is 0 Å². The minimum Gasteiger partial charge on any atom is -0.325 e. The monoisotopic (exact) mass is 485 g/mol. The minimum absolute atomic E-state index is 0.126. The Morgan fingerprint density at radius 1 is 1.00 bits per heavy atom. The van der Waals surface area contributed by atoms with Crippen LogP contribution >= 0.6 is 11.8 Å². The Hall–Kier alpha value is -3.58. The molecule has 0 bridgehead atoms. The molecule has 35 heavy (non-hydrogen) atoms. The van der Waals surface area contributed by atoms with Crippen LogP contribution in [0.3, 0.4) is 0 Å². The lowest BCUT2D eigenvalue weighted by atomic mass is 10.0. The van der Waals surface area contributed by atoms with E-state index in [1.807, 2.05) is 79.7 Å². The van der Waals surface area contributed by atoms with Crippen LogP contribution < -0.4 is 15.1 Å². The smallest absolute Gasteiger partial charge is 0.269 e. The van der Waals surface area contributed by atoms with Crippen molar-refractivity contribution >= 4 is 46.5 Å². The Labute approximate surface area is 209 Å². The van der Waals surface area contributed by atoms with Crippen LogP contribution in [0.2, 0.25) is 0 Å². The van der Waals surface area contributed by atoms with Gasteiger partial charge >= 0.3 is 0 Å². The highest BCUT2D eigenvalue weighted by Gasteiger charge is 2.61. The van der Waals surface area contributed by atoms with E-state index < -0.39 is 4.87 Å². The summed E-state index contributed by atoms with van der Waals surface area (Å²) in [6.45, 7) is 6.07. The molecular weight excluding hydrogens is 458 g/mol. The molecule has 2 heterocycles. The minimum atomic E-state index is -1.22. The molecule has 6 nitrogen and oxygen atoms in total. The van der Waals surface area contributed by atoms with Gasteiger partial charge in [-0.3, -0.25) is 24.2 Å². The van der Waals surface area contributed by atoms with Crippen LogP contribution in [-0.2, 0) is 19.3 Å². The SMILES string of the molecule is Cc1ccc(N2C(=O)CS[C@]23C(=O)N(CC(=O)Nc2ccc(C(C)C)cc2)c2ccccc23)cc1. The predicted octanol–water partition coefficient (Wildman–Crippen LogP) is 5.04. The van der Waals surface area contributed by atoms with Crippen LogP contribution in [0.1, 0.15) is 36.5 Å². The molecule has 0 aromatic heterocycles. The predicted molar refractivity (Wildman–Crippen MR) is 141 cm³/mol. The molecule has 1 atom stereocenters. The van der Waals surface area contributed by atoms with Crippen molar-refractivity contribution in [2.45, 2.75) is 31.6 Å². The number of benzene rings is 3. The molecule has 1 fully saturated rings. The second kappa shape index (κ2) is 8.89. The lowest BCUT2D eigenvalue weighted by Gasteiger charge is -2.33. The second-order valence-corrected chi connectivity index (χ2v) is 10.4. The van der Waals surface area contributed by atoms with Crippen LogP contribution in [0, 0.1) is 6.92 Å². The molecule has 3 aromatic rings. The molecular formula is C28H27N3O3S. The lowest BCUT2D eigenvalue weighted by Crippen LogP contribution is -2.50. The maximum atomic E-state index is 14.0. The Morgan fingerprint density at radius 3 is 2.37 bits per heavy atom. The van der Waals surface area contributed by atoms with Gasteiger partial charge in [0.25, 0.3) is 5.91 Å². The summed E-state index contributed by atoms with van der Waals surface area (Å²) in [5.41, 5.74) is 5.00. The number of nitrogens with zero attached hydrogens (tertiary/aromatic N) is 2. The van der Waals surface area contributed by atoms with E-state index in [-0.39, 0.29) is 30.0 Å². The molecule has 1 saturated heterocycles. The molecule has 5 rings (SSSR count). The summed E-state index contributed by atoms with van der Waals surface area (Å²) >= 11 is 1.31. The molecule has 7 heteroatoms. The van der Waals surface area contributed by atoms with Gasteiger partial charge < -0.3 is 5.32 Å². The first-order valence-corrected chi connectivity index (χ1v) is 12.6. The molecule has 0 aliphatic carbocycles. The number of nitrogens with one attached hydrogen (secondary N) is 1. The van der Waals surface area contributed by atoms with Gasteiger partial charge in [0.15, 0.2) is 0 Å². The van der Waals surface area contributed by atoms with Crippen LogP contribution in [0.4, 0.5) is 17.1 Å². The number of hydrogen-bond acceptors (Lipinski definition) is 4. The van der Waals surface area contributed by atoms with Crippen molar-refractivity contribution in [3.63, 3.8) is 0 Å². The van der Waals surface area contributed by atoms with Crippen molar-refractivity contribution in [1.82, 2.24) is 0 Å². The number of carbonyl (C=O) groups is 3. The van der Waals surface area contributed by atoms with Crippen LogP contribution in [-0.4, -0.2) is 30.0 Å². The summed E-state index contributed by atoms with van der Waals surface area (Å²) in [6, 6.07) is 22.8. The summed E-state index contributed by atoms with van der Waals surface area (Å²) < 4.78 is 0. The molecule has 3 aromatic carbocycles. The van der Waals surface area contributed by atoms with Crippen LogP contribution in [0.5, 0.6) is 0 Å². The largest absolute Gasteiger partial charge is 0.325 e. The first-order valence-electron chi connectivity index (χ1n) is 11.7. The molecule has 2 aliphatic heterocycles. The second-order valence-electron chi connectivity index (χ2n) is 9.23. The van der Waals surface area contributed by atoms with E-state index >= 15 is 0 Å². The van der Waals surface area contributed by atoms with E-state index in [9.17, 15) is 14.4 Å². The van der Waals surface area contributed by atoms with Gasteiger partial charge in [-0.1, -0.05) is 61.9 Å². The Balaban J connectivity index is 1.46. The zero-order valence-corrected chi connectivity index (χ0v) is 20.8.